The van der Waals surface area contributed by atoms with Crippen molar-refractivity contribution in [1.82, 2.24) is 15.0 Å². The Morgan fingerprint density at radius 1 is 1.47 bits per heavy atom. The lowest BCUT2D eigenvalue weighted by molar-refractivity contribution is 0.101. The first-order valence-electron chi connectivity index (χ1n) is 4.89. The van der Waals surface area contributed by atoms with E-state index < -0.39 is 0 Å². The molecule has 0 aliphatic rings. The molecular formula is C11H10ClN3O2. The molecule has 0 atom stereocenters. The first-order valence-corrected chi connectivity index (χ1v) is 5.27. The van der Waals surface area contributed by atoms with E-state index in [2.05, 4.69) is 10.3 Å². The summed E-state index contributed by atoms with van der Waals surface area (Å²) in [6.45, 7) is 1.44. The second kappa shape index (κ2) is 4.55. The number of ketones is 1. The van der Waals surface area contributed by atoms with Crippen LogP contribution < -0.4 is 4.74 Å². The summed E-state index contributed by atoms with van der Waals surface area (Å²) < 4.78 is 6.54. The van der Waals surface area contributed by atoms with Gasteiger partial charge in [-0.25, -0.2) is 4.68 Å². The summed E-state index contributed by atoms with van der Waals surface area (Å²) >= 11 is 6.00. The van der Waals surface area contributed by atoms with E-state index >= 15 is 0 Å². The Balaban J connectivity index is 2.39. The average Bonchev–Trinajstić information content (AvgIpc) is 2.78. The van der Waals surface area contributed by atoms with Gasteiger partial charge in [0.1, 0.15) is 11.4 Å². The minimum Gasteiger partial charge on any atom is -0.495 e. The topological polar surface area (TPSA) is 57.0 Å². The minimum atomic E-state index is -0.129. The summed E-state index contributed by atoms with van der Waals surface area (Å²) in [5.74, 6) is 0.457. The number of Topliss-reactive ketones (excluding diaryl/α,β-unsaturated/α-hetero) is 1. The highest BCUT2D eigenvalue weighted by Gasteiger charge is 2.08. The molecule has 0 N–H and O–H groups in total. The molecule has 0 saturated carbocycles. The monoisotopic (exact) mass is 251 g/mol. The molecule has 17 heavy (non-hydrogen) atoms. The highest BCUT2D eigenvalue weighted by molar-refractivity contribution is 6.32. The Morgan fingerprint density at radius 3 is 2.76 bits per heavy atom. The van der Waals surface area contributed by atoms with Gasteiger partial charge in [-0.2, -0.15) is 0 Å². The lowest BCUT2D eigenvalue weighted by atomic mass is 10.3. The van der Waals surface area contributed by atoms with Crippen LogP contribution >= 0.6 is 11.6 Å². The summed E-state index contributed by atoms with van der Waals surface area (Å²) in [6, 6.07) is 5.20. The van der Waals surface area contributed by atoms with Gasteiger partial charge in [-0.1, -0.05) is 16.8 Å². The first-order chi connectivity index (χ1) is 8.11. The second-order valence-corrected chi connectivity index (χ2v) is 3.83. The van der Waals surface area contributed by atoms with E-state index in [1.54, 1.807) is 31.5 Å². The highest BCUT2D eigenvalue weighted by atomic mass is 35.5. The van der Waals surface area contributed by atoms with Crippen molar-refractivity contribution in [3.8, 4) is 11.4 Å². The van der Waals surface area contributed by atoms with Crippen molar-refractivity contribution in [2.24, 2.45) is 0 Å². The van der Waals surface area contributed by atoms with Gasteiger partial charge in [-0.3, -0.25) is 4.79 Å². The van der Waals surface area contributed by atoms with Gasteiger partial charge >= 0.3 is 0 Å². The molecule has 6 heteroatoms. The molecule has 1 heterocycles. The lowest BCUT2D eigenvalue weighted by Crippen LogP contribution is -1.95. The fourth-order valence-electron chi connectivity index (χ4n) is 1.35. The standard InChI is InChI=1S/C11H10ClN3O2/c1-7(16)10-6-15(14-13-10)8-3-4-11(17-2)9(12)5-8/h3-6H,1-2H3. The Kier molecular flexibility index (Phi) is 3.10. The molecule has 1 aromatic heterocycles. The number of nitrogens with zero attached hydrogens (tertiary/aromatic N) is 3. The molecule has 5 nitrogen and oxygen atoms in total. The maximum absolute atomic E-state index is 11.1. The summed E-state index contributed by atoms with van der Waals surface area (Å²) in [5, 5.41) is 8.08. The van der Waals surface area contributed by atoms with E-state index in [9.17, 15) is 4.79 Å². The molecule has 2 rings (SSSR count). The molecule has 0 saturated heterocycles. The Bertz CT molecular complexity index is 566. The predicted molar refractivity (Wildman–Crippen MR) is 62.9 cm³/mol. The maximum Gasteiger partial charge on any atom is 0.181 e. The van der Waals surface area contributed by atoms with Crippen LogP contribution in [0.3, 0.4) is 0 Å². The number of aromatic nitrogens is 3. The van der Waals surface area contributed by atoms with E-state index in [4.69, 9.17) is 16.3 Å². The van der Waals surface area contributed by atoms with Gasteiger partial charge in [0.2, 0.25) is 0 Å². The van der Waals surface area contributed by atoms with Crippen LogP contribution in [0.1, 0.15) is 17.4 Å². The number of carbonyl (C=O) groups excluding carboxylic acids is 1. The van der Waals surface area contributed by atoms with Gasteiger partial charge < -0.3 is 4.74 Å². The number of hydrogen-bond acceptors (Lipinski definition) is 4. The smallest absolute Gasteiger partial charge is 0.181 e. The van der Waals surface area contributed by atoms with Gasteiger partial charge in [0.05, 0.1) is 24.0 Å². The molecular weight excluding hydrogens is 242 g/mol. The predicted octanol–water partition coefficient (Wildman–Crippen LogP) is 2.13. The second-order valence-electron chi connectivity index (χ2n) is 3.42. The van der Waals surface area contributed by atoms with Crippen LogP contribution in [0.25, 0.3) is 5.69 Å². The SMILES string of the molecule is COc1ccc(-n2cc(C(C)=O)nn2)cc1Cl. The zero-order valence-electron chi connectivity index (χ0n) is 9.35. The van der Waals surface area contributed by atoms with Crippen LogP contribution in [0.5, 0.6) is 5.75 Å². The largest absolute Gasteiger partial charge is 0.495 e. The molecule has 0 aliphatic carbocycles. The fraction of sp³-hybridized carbons (Fsp3) is 0.182. The van der Waals surface area contributed by atoms with Crippen LogP contribution in [0.15, 0.2) is 24.4 Å². The minimum absolute atomic E-state index is 0.129. The van der Waals surface area contributed by atoms with Crippen molar-refractivity contribution >= 4 is 17.4 Å². The summed E-state index contributed by atoms with van der Waals surface area (Å²) in [7, 11) is 1.55. The number of methoxy groups -OCH3 is 1. The van der Waals surface area contributed by atoms with Crippen molar-refractivity contribution in [3.05, 3.63) is 35.1 Å². The Labute approximate surface area is 103 Å². The van der Waals surface area contributed by atoms with Gasteiger partial charge in [0, 0.05) is 6.92 Å². The van der Waals surface area contributed by atoms with E-state index in [-0.39, 0.29) is 5.78 Å². The zero-order chi connectivity index (χ0) is 12.4. The van der Waals surface area contributed by atoms with Crippen LogP contribution in [0.2, 0.25) is 5.02 Å². The maximum atomic E-state index is 11.1. The van der Waals surface area contributed by atoms with Crippen molar-refractivity contribution < 1.29 is 9.53 Å². The summed E-state index contributed by atoms with van der Waals surface area (Å²) in [6.07, 6.45) is 1.56. The summed E-state index contributed by atoms with van der Waals surface area (Å²) in [5.41, 5.74) is 1.03. The third-order valence-electron chi connectivity index (χ3n) is 2.25. The van der Waals surface area contributed by atoms with E-state index in [1.807, 2.05) is 0 Å². The first kappa shape index (κ1) is 11.6. The van der Waals surface area contributed by atoms with Gasteiger partial charge in [0.25, 0.3) is 0 Å². The van der Waals surface area contributed by atoms with Crippen molar-refractivity contribution in [2.45, 2.75) is 6.92 Å². The average molecular weight is 252 g/mol. The molecule has 88 valence electrons. The molecule has 0 unspecified atom stereocenters. The van der Waals surface area contributed by atoms with Gasteiger partial charge in [-0.15, -0.1) is 5.10 Å². The van der Waals surface area contributed by atoms with Crippen LogP contribution in [0.4, 0.5) is 0 Å². The third-order valence-corrected chi connectivity index (χ3v) is 2.55. The van der Waals surface area contributed by atoms with E-state index in [0.717, 1.165) is 5.69 Å². The van der Waals surface area contributed by atoms with E-state index in [1.165, 1.54) is 11.6 Å². The molecule has 1 aromatic carbocycles. The number of hydrogen-bond donors (Lipinski definition) is 0. The normalized spacial score (nSPS) is 10.3. The molecule has 0 spiro atoms. The van der Waals surface area contributed by atoms with Crippen LogP contribution in [-0.4, -0.2) is 27.9 Å². The molecule has 0 radical (unpaired) electrons. The lowest BCUT2D eigenvalue weighted by Gasteiger charge is -2.05. The number of halogens is 1. The van der Waals surface area contributed by atoms with Gasteiger partial charge in [0.15, 0.2) is 5.78 Å². The molecule has 0 fully saturated rings. The Morgan fingerprint density at radius 2 is 2.24 bits per heavy atom. The van der Waals surface area contributed by atoms with E-state index in [0.29, 0.717) is 16.5 Å². The number of rotatable bonds is 3. The number of ether oxygens (including phenoxy) is 1. The van der Waals surface area contributed by atoms with Crippen molar-refractivity contribution in [1.29, 1.82) is 0 Å². The zero-order valence-corrected chi connectivity index (χ0v) is 10.1. The molecule has 0 bridgehead atoms. The number of benzene rings is 1. The van der Waals surface area contributed by atoms with Crippen LogP contribution in [0, 0.1) is 0 Å². The van der Waals surface area contributed by atoms with Gasteiger partial charge in [-0.05, 0) is 18.2 Å². The quantitative estimate of drug-likeness (QED) is 0.784. The third kappa shape index (κ3) is 2.29. The van der Waals surface area contributed by atoms with Crippen molar-refractivity contribution in [3.63, 3.8) is 0 Å². The number of carbonyl (C=O) groups is 1. The van der Waals surface area contributed by atoms with Crippen molar-refractivity contribution in [2.75, 3.05) is 7.11 Å². The molecule has 0 amide bonds. The molecule has 0 aliphatic heterocycles. The summed E-state index contributed by atoms with van der Waals surface area (Å²) in [4.78, 5) is 11.1. The van der Waals surface area contributed by atoms with Crippen LogP contribution in [-0.2, 0) is 0 Å². The fourth-order valence-corrected chi connectivity index (χ4v) is 1.60. The molecule has 2 aromatic rings. The highest BCUT2D eigenvalue weighted by Crippen LogP contribution is 2.26. The Hall–Kier alpha value is -1.88.